The summed E-state index contributed by atoms with van der Waals surface area (Å²) in [4.78, 5) is 23.5. The molecule has 1 rings (SSSR count). The first-order valence-corrected chi connectivity index (χ1v) is 10.4. The van der Waals surface area contributed by atoms with Gasteiger partial charge < -0.3 is 9.84 Å². The molecule has 4 heteroatoms. The Balaban J connectivity index is 2.33. The SMILES string of the molecule is CCCCCC(O)/C=C/C1C(=O)C=CC1C/C=C/CCCC(=O)OC(C)C. The van der Waals surface area contributed by atoms with Crippen LogP contribution in [-0.2, 0) is 14.3 Å². The van der Waals surface area contributed by atoms with Gasteiger partial charge in [-0.15, -0.1) is 0 Å². The first kappa shape index (κ1) is 23.4. The Morgan fingerprint density at radius 2 is 2.04 bits per heavy atom. The Hall–Kier alpha value is -1.68. The van der Waals surface area contributed by atoms with Gasteiger partial charge >= 0.3 is 5.97 Å². The van der Waals surface area contributed by atoms with Gasteiger partial charge in [0.05, 0.1) is 12.2 Å². The molecule has 0 aromatic heterocycles. The van der Waals surface area contributed by atoms with Crippen LogP contribution in [0.1, 0.15) is 72.1 Å². The molecule has 152 valence electrons. The molecule has 0 amide bonds. The van der Waals surface area contributed by atoms with Gasteiger partial charge in [0, 0.05) is 12.3 Å². The predicted molar refractivity (Wildman–Crippen MR) is 109 cm³/mol. The van der Waals surface area contributed by atoms with Crippen LogP contribution in [0.5, 0.6) is 0 Å². The second-order valence-electron chi connectivity index (χ2n) is 7.54. The van der Waals surface area contributed by atoms with E-state index in [9.17, 15) is 14.7 Å². The van der Waals surface area contributed by atoms with E-state index in [1.54, 1.807) is 12.2 Å². The van der Waals surface area contributed by atoms with E-state index in [1.165, 1.54) is 0 Å². The number of allylic oxidation sites excluding steroid dienone is 5. The second kappa shape index (κ2) is 13.5. The zero-order chi connectivity index (χ0) is 20.1. The van der Waals surface area contributed by atoms with Crippen molar-refractivity contribution in [2.45, 2.75) is 84.3 Å². The fourth-order valence-electron chi connectivity index (χ4n) is 3.13. The number of aliphatic hydroxyl groups is 1. The molecule has 0 fully saturated rings. The van der Waals surface area contributed by atoms with Crippen molar-refractivity contribution in [2.75, 3.05) is 0 Å². The highest BCUT2D eigenvalue weighted by Gasteiger charge is 2.26. The van der Waals surface area contributed by atoms with Gasteiger partial charge in [-0.05, 0) is 51.5 Å². The summed E-state index contributed by atoms with van der Waals surface area (Å²) in [5.41, 5.74) is 0. The van der Waals surface area contributed by atoms with Crippen molar-refractivity contribution in [3.8, 4) is 0 Å². The summed E-state index contributed by atoms with van der Waals surface area (Å²) in [7, 11) is 0. The maximum absolute atomic E-state index is 12.1. The molecule has 3 atom stereocenters. The number of aliphatic hydroxyl groups excluding tert-OH is 1. The van der Waals surface area contributed by atoms with Crippen LogP contribution in [0.25, 0.3) is 0 Å². The Morgan fingerprint density at radius 3 is 2.74 bits per heavy atom. The van der Waals surface area contributed by atoms with Gasteiger partial charge in [0.15, 0.2) is 5.78 Å². The molecular weight excluding hydrogens is 340 g/mol. The highest BCUT2D eigenvalue weighted by molar-refractivity contribution is 5.95. The minimum absolute atomic E-state index is 0.0603. The summed E-state index contributed by atoms with van der Waals surface area (Å²) in [6.45, 7) is 5.84. The lowest BCUT2D eigenvalue weighted by molar-refractivity contribution is -0.147. The van der Waals surface area contributed by atoms with Crippen molar-refractivity contribution in [3.63, 3.8) is 0 Å². The molecule has 3 unspecified atom stereocenters. The van der Waals surface area contributed by atoms with Gasteiger partial charge in [-0.3, -0.25) is 9.59 Å². The van der Waals surface area contributed by atoms with Crippen LogP contribution in [0.3, 0.4) is 0 Å². The number of esters is 1. The van der Waals surface area contributed by atoms with Gasteiger partial charge in [0.1, 0.15) is 0 Å². The van der Waals surface area contributed by atoms with Crippen LogP contribution in [-0.4, -0.2) is 29.1 Å². The molecule has 4 nitrogen and oxygen atoms in total. The summed E-state index contributed by atoms with van der Waals surface area (Å²) in [5, 5.41) is 10.0. The molecule has 0 spiro atoms. The second-order valence-corrected chi connectivity index (χ2v) is 7.54. The lowest BCUT2D eigenvalue weighted by Gasteiger charge is -2.13. The molecule has 0 aliphatic heterocycles. The fourth-order valence-corrected chi connectivity index (χ4v) is 3.13. The number of ketones is 1. The summed E-state index contributed by atoms with van der Waals surface area (Å²) in [6.07, 6.45) is 17.7. The molecule has 0 heterocycles. The highest BCUT2D eigenvalue weighted by atomic mass is 16.5. The minimum Gasteiger partial charge on any atom is -0.463 e. The number of hydrogen-bond acceptors (Lipinski definition) is 4. The van der Waals surface area contributed by atoms with E-state index in [-0.39, 0.29) is 29.7 Å². The molecule has 0 saturated heterocycles. The van der Waals surface area contributed by atoms with Crippen molar-refractivity contribution >= 4 is 11.8 Å². The third-order valence-corrected chi connectivity index (χ3v) is 4.64. The molecule has 1 aliphatic carbocycles. The molecule has 0 aromatic rings. The topological polar surface area (TPSA) is 63.6 Å². The van der Waals surface area contributed by atoms with Crippen molar-refractivity contribution in [3.05, 3.63) is 36.5 Å². The number of carbonyl (C=O) groups is 2. The monoisotopic (exact) mass is 376 g/mol. The Kier molecular flexibility index (Phi) is 11.7. The highest BCUT2D eigenvalue weighted by Crippen LogP contribution is 2.27. The molecule has 0 bridgehead atoms. The summed E-state index contributed by atoms with van der Waals surface area (Å²) in [6, 6.07) is 0. The third-order valence-electron chi connectivity index (χ3n) is 4.64. The fraction of sp³-hybridized carbons (Fsp3) is 0.652. The standard InChI is InChI=1S/C23H36O4/c1-4-5-8-12-20(24)15-16-21-19(14-17-22(21)25)11-9-6-7-10-13-23(26)27-18(2)3/h6,9,14-21,24H,4-5,7-8,10-13H2,1-3H3/b9-6+,16-15+. The van der Waals surface area contributed by atoms with Crippen LogP contribution in [0, 0.1) is 11.8 Å². The zero-order valence-corrected chi connectivity index (χ0v) is 17.1. The maximum atomic E-state index is 12.1. The molecule has 1 N–H and O–H groups in total. The van der Waals surface area contributed by atoms with E-state index in [0.717, 1.165) is 44.9 Å². The van der Waals surface area contributed by atoms with E-state index in [4.69, 9.17) is 4.74 Å². The quantitative estimate of drug-likeness (QED) is 0.281. The summed E-state index contributed by atoms with van der Waals surface area (Å²) in [5.74, 6) is -0.0532. The minimum atomic E-state index is -0.466. The van der Waals surface area contributed by atoms with E-state index >= 15 is 0 Å². The van der Waals surface area contributed by atoms with Crippen LogP contribution in [0.4, 0.5) is 0 Å². The third kappa shape index (κ3) is 10.3. The number of hydrogen-bond donors (Lipinski definition) is 1. The average Bonchev–Trinajstić information content (AvgIpc) is 2.95. The normalized spacial score (nSPS) is 21.0. The Morgan fingerprint density at radius 1 is 1.26 bits per heavy atom. The van der Waals surface area contributed by atoms with Crippen LogP contribution >= 0.6 is 0 Å². The van der Waals surface area contributed by atoms with Gasteiger partial charge in [-0.25, -0.2) is 0 Å². The number of unbranched alkanes of at least 4 members (excludes halogenated alkanes) is 3. The molecule has 0 aromatic carbocycles. The summed E-state index contributed by atoms with van der Waals surface area (Å²) < 4.78 is 5.10. The van der Waals surface area contributed by atoms with Crippen molar-refractivity contribution < 1.29 is 19.4 Å². The molecular formula is C23H36O4. The number of rotatable bonds is 13. The van der Waals surface area contributed by atoms with Gasteiger partial charge in [-0.2, -0.15) is 0 Å². The van der Waals surface area contributed by atoms with Crippen molar-refractivity contribution in [2.24, 2.45) is 11.8 Å². The lowest BCUT2D eigenvalue weighted by Crippen LogP contribution is -2.14. The van der Waals surface area contributed by atoms with E-state index in [2.05, 4.69) is 19.1 Å². The first-order valence-electron chi connectivity index (χ1n) is 10.4. The van der Waals surface area contributed by atoms with Crippen LogP contribution < -0.4 is 0 Å². The van der Waals surface area contributed by atoms with Crippen LogP contribution in [0.15, 0.2) is 36.5 Å². The average molecular weight is 377 g/mol. The van der Waals surface area contributed by atoms with E-state index < -0.39 is 6.10 Å². The van der Waals surface area contributed by atoms with Gasteiger partial charge in [0.2, 0.25) is 0 Å². The number of ether oxygens (including phenoxy) is 1. The lowest BCUT2D eigenvalue weighted by atomic mass is 9.90. The first-order chi connectivity index (χ1) is 12.9. The largest absolute Gasteiger partial charge is 0.463 e. The van der Waals surface area contributed by atoms with Crippen LogP contribution in [0.2, 0.25) is 0 Å². The molecule has 0 radical (unpaired) electrons. The number of carbonyl (C=O) groups excluding carboxylic acids is 2. The Labute approximate surface area is 164 Å². The van der Waals surface area contributed by atoms with E-state index in [1.807, 2.05) is 26.0 Å². The van der Waals surface area contributed by atoms with Gasteiger partial charge in [0.25, 0.3) is 0 Å². The maximum Gasteiger partial charge on any atom is 0.306 e. The summed E-state index contributed by atoms with van der Waals surface area (Å²) >= 11 is 0. The van der Waals surface area contributed by atoms with E-state index in [0.29, 0.717) is 6.42 Å². The molecule has 27 heavy (non-hydrogen) atoms. The zero-order valence-electron chi connectivity index (χ0n) is 17.1. The molecule has 1 aliphatic rings. The predicted octanol–water partition coefficient (Wildman–Crippen LogP) is 4.92. The smallest absolute Gasteiger partial charge is 0.306 e. The van der Waals surface area contributed by atoms with Gasteiger partial charge in [-0.1, -0.05) is 56.6 Å². The molecule has 0 saturated carbocycles. The van der Waals surface area contributed by atoms with Crippen molar-refractivity contribution in [1.29, 1.82) is 0 Å². The Bertz CT molecular complexity index is 530. The van der Waals surface area contributed by atoms with Crippen molar-refractivity contribution in [1.82, 2.24) is 0 Å².